The second-order valence-electron chi connectivity index (χ2n) is 3.48. The zero-order chi connectivity index (χ0) is 11.1. The molecule has 0 aliphatic heterocycles. The first-order chi connectivity index (χ1) is 7.22. The van der Waals surface area contributed by atoms with Crippen LogP contribution in [0, 0.1) is 0 Å². The molecule has 0 fully saturated rings. The Morgan fingerprint density at radius 2 is 1.93 bits per heavy atom. The predicted octanol–water partition coefficient (Wildman–Crippen LogP) is 3.37. The Balaban J connectivity index is 2.40. The van der Waals surface area contributed by atoms with E-state index in [1.54, 1.807) is 0 Å². The molecule has 0 heterocycles. The number of likely N-dealkylation sites (N-methyl/N-ethyl adjacent to an activating group) is 1. The monoisotopic (exact) mass is 285 g/mol. The van der Waals surface area contributed by atoms with Gasteiger partial charge in [-0.15, -0.1) is 0 Å². The summed E-state index contributed by atoms with van der Waals surface area (Å²) in [5.41, 5.74) is 1.33. The number of rotatable bonds is 5. The van der Waals surface area contributed by atoms with Crippen molar-refractivity contribution in [1.82, 2.24) is 4.90 Å². The second-order valence-corrected chi connectivity index (χ2v) is 4.76. The van der Waals surface area contributed by atoms with Crippen LogP contribution < -0.4 is 0 Å². The highest BCUT2D eigenvalue weighted by Crippen LogP contribution is 2.11. The number of hydrogen-bond donors (Lipinski definition) is 1. The summed E-state index contributed by atoms with van der Waals surface area (Å²) in [7, 11) is 2.12. The van der Waals surface area contributed by atoms with Crippen molar-refractivity contribution in [3.05, 3.63) is 46.5 Å². The molecule has 1 aromatic carbocycles. The summed E-state index contributed by atoms with van der Waals surface area (Å²) in [6.45, 7) is 1.95. The minimum Gasteiger partial charge on any atom is -0.298 e. The van der Waals surface area contributed by atoms with E-state index in [4.69, 9.17) is 0 Å². The third-order valence-electron chi connectivity index (χ3n) is 2.05. The van der Waals surface area contributed by atoms with Crippen molar-refractivity contribution in [3.8, 4) is 0 Å². The van der Waals surface area contributed by atoms with Gasteiger partial charge in [0, 0.05) is 23.3 Å². The van der Waals surface area contributed by atoms with Crippen LogP contribution >= 0.6 is 28.6 Å². The van der Waals surface area contributed by atoms with Crippen LogP contribution in [-0.4, -0.2) is 24.2 Å². The van der Waals surface area contributed by atoms with Crippen molar-refractivity contribution in [2.45, 2.75) is 6.54 Å². The average molecular weight is 286 g/mol. The van der Waals surface area contributed by atoms with Crippen molar-refractivity contribution in [3.63, 3.8) is 0 Å². The molecular formula is C12H16BrNS. The van der Waals surface area contributed by atoms with Gasteiger partial charge in [0.05, 0.1) is 0 Å². The van der Waals surface area contributed by atoms with Crippen molar-refractivity contribution >= 4 is 28.6 Å². The SMILES string of the molecule is CN(CC=CCS)Cc1ccc(Br)cc1. The molecule has 82 valence electrons. The van der Waals surface area contributed by atoms with Gasteiger partial charge in [-0.1, -0.05) is 40.2 Å². The van der Waals surface area contributed by atoms with Crippen LogP contribution in [0.4, 0.5) is 0 Å². The molecule has 0 aliphatic rings. The molecule has 0 amide bonds. The maximum atomic E-state index is 4.12. The summed E-state index contributed by atoms with van der Waals surface area (Å²) >= 11 is 7.55. The average Bonchev–Trinajstić information content (AvgIpc) is 2.22. The van der Waals surface area contributed by atoms with Crippen LogP contribution in [0.1, 0.15) is 5.56 Å². The summed E-state index contributed by atoms with van der Waals surface area (Å²) in [6.07, 6.45) is 4.22. The lowest BCUT2D eigenvalue weighted by atomic mass is 10.2. The van der Waals surface area contributed by atoms with E-state index in [1.165, 1.54) is 5.56 Å². The van der Waals surface area contributed by atoms with Gasteiger partial charge in [-0.3, -0.25) is 4.90 Å². The van der Waals surface area contributed by atoms with Gasteiger partial charge in [0.15, 0.2) is 0 Å². The van der Waals surface area contributed by atoms with E-state index in [9.17, 15) is 0 Å². The van der Waals surface area contributed by atoms with Crippen LogP contribution in [0.15, 0.2) is 40.9 Å². The molecule has 0 N–H and O–H groups in total. The molecule has 0 aromatic heterocycles. The number of thiol groups is 1. The first kappa shape index (κ1) is 12.8. The van der Waals surface area contributed by atoms with Crippen LogP contribution in [-0.2, 0) is 6.54 Å². The summed E-state index contributed by atoms with van der Waals surface area (Å²) in [5.74, 6) is 0.812. The Morgan fingerprint density at radius 1 is 1.27 bits per heavy atom. The molecule has 1 aromatic rings. The third-order valence-corrected chi connectivity index (χ3v) is 2.79. The molecule has 1 nitrogen and oxygen atoms in total. The lowest BCUT2D eigenvalue weighted by Crippen LogP contribution is -2.17. The molecule has 0 atom stereocenters. The van der Waals surface area contributed by atoms with Gasteiger partial charge in [0.25, 0.3) is 0 Å². The van der Waals surface area contributed by atoms with E-state index in [1.807, 2.05) is 0 Å². The Morgan fingerprint density at radius 3 is 2.53 bits per heavy atom. The molecule has 3 heteroatoms. The zero-order valence-corrected chi connectivity index (χ0v) is 11.3. The molecule has 0 radical (unpaired) electrons. The Bertz CT molecular complexity index is 308. The molecule has 15 heavy (non-hydrogen) atoms. The molecule has 0 bridgehead atoms. The molecule has 0 aliphatic carbocycles. The normalized spacial score (nSPS) is 11.5. The number of benzene rings is 1. The first-order valence-corrected chi connectivity index (χ1v) is 6.34. The van der Waals surface area contributed by atoms with Crippen molar-refractivity contribution in [1.29, 1.82) is 0 Å². The topological polar surface area (TPSA) is 3.24 Å². The maximum Gasteiger partial charge on any atom is 0.0234 e. The van der Waals surface area contributed by atoms with Gasteiger partial charge in [-0.2, -0.15) is 12.6 Å². The van der Waals surface area contributed by atoms with Crippen molar-refractivity contribution in [2.75, 3.05) is 19.3 Å². The molecule has 0 spiro atoms. The van der Waals surface area contributed by atoms with Crippen molar-refractivity contribution < 1.29 is 0 Å². The van der Waals surface area contributed by atoms with E-state index >= 15 is 0 Å². The van der Waals surface area contributed by atoms with Gasteiger partial charge < -0.3 is 0 Å². The number of halogens is 1. The first-order valence-electron chi connectivity index (χ1n) is 4.91. The highest BCUT2D eigenvalue weighted by molar-refractivity contribution is 9.10. The highest BCUT2D eigenvalue weighted by Gasteiger charge is 1.97. The van der Waals surface area contributed by atoms with Crippen molar-refractivity contribution in [2.24, 2.45) is 0 Å². The van der Waals surface area contributed by atoms with Gasteiger partial charge in [0.2, 0.25) is 0 Å². The van der Waals surface area contributed by atoms with E-state index in [0.717, 1.165) is 23.3 Å². The summed E-state index contributed by atoms with van der Waals surface area (Å²) in [6, 6.07) is 8.44. The number of hydrogen-bond acceptors (Lipinski definition) is 2. The third kappa shape index (κ3) is 5.40. The molecule has 0 unspecified atom stereocenters. The quantitative estimate of drug-likeness (QED) is 0.641. The standard InChI is InChI=1S/C12H16BrNS/c1-14(8-2-3-9-15)10-11-4-6-12(13)7-5-11/h2-7,15H,8-10H2,1H3. The van der Waals surface area contributed by atoms with Crippen LogP contribution in [0.25, 0.3) is 0 Å². The fourth-order valence-electron chi connectivity index (χ4n) is 1.30. The van der Waals surface area contributed by atoms with E-state index in [-0.39, 0.29) is 0 Å². The van der Waals surface area contributed by atoms with Gasteiger partial charge >= 0.3 is 0 Å². The zero-order valence-electron chi connectivity index (χ0n) is 8.86. The molecule has 1 rings (SSSR count). The Labute approximate surface area is 106 Å². The van der Waals surface area contributed by atoms with Gasteiger partial charge in [-0.05, 0) is 24.7 Å². The van der Waals surface area contributed by atoms with Gasteiger partial charge in [-0.25, -0.2) is 0 Å². The predicted molar refractivity (Wildman–Crippen MR) is 73.5 cm³/mol. The molecular weight excluding hydrogens is 270 g/mol. The van der Waals surface area contributed by atoms with E-state index < -0.39 is 0 Å². The smallest absolute Gasteiger partial charge is 0.0234 e. The largest absolute Gasteiger partial charge is 0.298 e. The fraction of sp³-hybridized carbons (Fsp3) is 0.333. The Kier molecular flexibility index (Phi) is 6.06. The lowest BCUT2D eigenvalue weighted by Gasteiger charge is -2.14. The maximum absolute atomic E-state index is 4.12. The van der Waals surface area contributed by atoms with Crippen LogP contribution in [0.2, 0.25) is 0 Å². The molecule has 0 saturated carbocycles. The highest BCUT2D eigenvalue weighted by atomic mass is 79.9. The Hall–Kier alpha value is -0.250. The van der Waals surface area contributed by atoms with E-state index in [0.29, 0.717) is 0 Å². The van der Waals surface area contributed by atoms with Crippen LogP contribution in [0.5, 0.6) is 0 Å². The second kappa shape index (κ2) is 7.09. The fourth-order valence-corrected chi connectivity index (χ4v) is 1.71. The summed E-state index contributed by atoms with van der Waals surface area (Å²) < 4.78 is 1.13. The summed E-state index contributed by atoms with van der Waals surface area (Å²) in [5, 5.41) is 0. The minimum absolute atomic E-state index is 0.812. The minimum atomic E-state index is 0.812. The van der Waals surface area contributed by atoms with Gasteiger partial charge in [0.1, 0.15) is 0 Å². The lowest BCUT2D eigenvalue weighted by molar-refractivity contribution is 0.363. The molecule has 0 saturated heterocycles. The van der Waals surface area contributed by atoms with E-state index in [2.05, 4.69) is 76.9 Å². The van der Waals surface area contributed by atoms with Crippen LogP contribution in [0.3, 0.4) is 0 Å². The summed E-state index contributed by atoms with van der Waals surface area (Å²) in [4.78, 5) is 2.27. The number of nitrogens with zero attached hydrogens (tertiary/aromatic N) is 1.